The predicted octanol–water partition coefficient (Wildman–Crippen LogP) is -0.929. The van der Waals surface area contributed by atoms with Crippen LogP contribution in [-0.2, 0) is 24.1 Å². The fraction of sp³-hybridized carbons (Fsp3) is 0.500. The maximum Gasteiger partial charge on any atom is 0.332 e. The molecular formula is C16H20N6O5S. The monoisotopic (exact) mass is 408 g/mol. The third-order valence-corrected chi connectivity index (χ3v) is 6.99. The minimum atomic E-state index is -3.78. The smallest absolute Gasteiger partial charge is 0.332 e. The Kier molecular flexibility index (Phi) is 4.90. The van der Waals surface area contributed by atoms with E-state index in [9.17, 15) is 23.3 Å². The van der Waals surface area contributed by atoms with Crippen molar-refractivity contribution < 1.29 is 12.9 Å². The van der Waals surface area contributed by atoms with Crippen LogP contribution >= 0.6 is 0 Å². The first-order chi connectivity index (χ1) is 13.1. The van der Waals surface area contributed by atoms with Crippen LogP contribution in [0, 0.1) is 25.2 Å². The molecule has 2 aromatic rings. The molecule has 0 aliphatic carbocycles. The second kappa shape index (κ2) is 6.92. The van der Waals surface area contributed by atoms with E-state index in [-0.39, 0.29) is 48.2 Å². The lowest BCUT2D eigenvalue weighted by molar-refractivity contribution is 0.376. The van der Waals surface area contributed by atoms with Crippen LogP contribution < -0.4 is 16.1 Å². The van der Waals surface area contributed by atoms with Crippen LogP contribution in [0.5, 0.6) is 0 Å². The molecule has 0 bridgehead atoms. The molecule has 1 saturated heterocycles. The lowest BCUT2D eigenvalue weighted by Crippen LogP contribution is -2.51. The molecule has 0 saturated carbocycles. The first-order valence-electron chi connectivity index (χ1n) is 8.49. The van der Waals surface area contributed by atoms with Gasteiger partial charge in [0.25, 0.3) is 5.56 Å². The zero-order valence-corrected chi connectivity index (χ0v) is 16.8. The lowest BCUT2D eigenvalue weighted by Gasteiger charge is -2.36. The molecule has 11 nitrogen and oxygen atoms in total. The van der Waals surface area contributed by atoms with Gasteiger partial charge in [-0.05, 0) is 13.8 Å². The van der Waals surface area contributed by atoms with Gasteiger partial charge in [-0.1, -0.05) is 5.16 Å². The van der Waals surface area contributed by atoms with Gasteiger partial charge in [0.15, 0.2) is 11.3 Å². The summed E-state index contributed by atoms with van der Waals surface area (Å²) >= 11 is 0. The van der Waals surface area contributed by atoms with Crippen LogP contribution in [0.1, 0.15) is 17.0 Å². The minimum Gasteiger partial charge on any atom is -0.360 e. The molecule has 3 heterocycles. The summed E-state index contributed by atoms with van der Waals surface area (Å²) in [6.45, 7) is 3.79. The quantitative estimate of drug-likeness (QED) is 0.636. The summed E-state index contributed by atoms with van der Waals surface area (Å²) in [7, 11) is -0.997. The van der Waals surface area contributed by atoms with Crippen molar-refractivity contribution in [3.05, 3.63) is 37.9 Å². The summed E-state index contributed by atoms with van der Waals surface area (Å²) in [6, 6.07) is 1.86. The molecule has 1 aliphatic rings. The average molecular weight is 408 g/mol. The number of rotatable bonds is 3. The van der Waals surface area contributed by atoms with Gasteiger partial charge in [0.05, 0.1) is 0 Å². The highest BCUT2D eigenvalue weighted by Gasteiger charge is 2.34. The van der Waals surface area contributed by atoms with E-state index in [4.69, 9.17) is 4.52 Å². The number of sulfonamides is 1. The van der Waals surface area contributed by atoms with E-state index < -0.39 is 21.3 Å². The maximum atomic E-state index is 12.9. The second-order valence-corrected chi connectivity index (χ2v) is 8.44. The summed E-state index contributed by atoms with van der Waals surface area (Å²) in [6.07, 6.45) is 0. The molecule has 0 amide bonds. The van der Waals surface area contributed by atoms with E-state index in [1.807, 2.05) is 6.07 Å². The highest BCUT2D eigenvalue weighted by Crippen LogP contribution is 2.25. The topological polar surface area (TPSA) is 134 Å². The average Bonchev–Trinajstić information content (AvgIpc) is 3.01. The molecule has 0 aromatic carbocycles. The van der Waals surface area contributed by atoms with Gasteiger partial charge in [0.1, 0.15) is 22.5 Å². The lowest BCUT2D eigenvalue weighted by atomic mass is 10.2. The number of nitriles is 1. The summed E-state index contributed by atoms with van der Waals surface area (Å²) in [5, 5.41) is 13.1. The van der Waals surface area contributed by atoms with Crippen molar-refractivity contribution in [1.29, 1.82) is 5.26 Å². The fourth-order valence-corrected chi connectivity index (χ4v) is 5.13. The standard InChI is InChI=1S/C16H20N6O5S/c1-10-13(11(2)27-18-10)28(25,26)22-7-5-21(6-8-22)14-12(9-17)15(23)20(4)16(24)19(14)3/h5-8H2,1-4H3. The van der Waals surface area contributed by atoms with E-state index in [2.05, 4.69) is 5.16 Å². The molecule has 1 fully saturated rings. The first kappa shape index (κ1) is 19.8. The van der Waals surface area contributed by atoms with E-state index in [0.29, 0.717) is 5.69 Å². The molecular weight excluding hydrogens is 388 g/mol. The Balaban J connectivity index is 1.93. The molecule has 12 heteroatoms. The summed E-state index contributed by atoms with van der Waals surface area (Å²) in [5.74, 6) is 0.422. The Bertz CT molecular complexity index is 1170. The molecule has 0 spiro atoms. The summed E-state index contributed by atoms with van der Waals surface area (Å²) in [4.78, 5) is 26.2. The van der Waals surface area contributed by atoms with Gasteiger partial charge in [-0.25, -0.2) is 13.2 Å². The maximum absolute atomic E-state index is 12.9. The van der Waals surface area contributed by atoms with Gasteiger partial charge in [-0.15, -0.1) is 0 Å². The summed E-state index contributed by atoms with van der Waals surface area (Å²) < 4.78 is 34.2. The van der Waals surface area contributed by atoms with E-state index in [1.165, 1.54) is 29.9 Å². The van der Waals surface area contributed by atoms with Crippen molar-refractivity contribution in [1.82, 2.24) is 18.6 Å². The van der Waals surface area contributed by atoms with Crippen molar-refractivity contribution >= 4 is 15.8 Å². The Morgan fingerprint density at radius 2 is 1.68 bits per heavy atom. The normalized spacial score (nSPS) is 15.6. The zero-order valence-electron chi connectivity index (χ0n) is 16.0. The van der Waals surface area contributed by atoms with Crippen LogP contribution in [0.2, 0.25) is 0 Å². The van der Waals surface area contributed by atoms with Crippen LogP contribution in [-0.4, -0.2) is 53.2 Å². The number of nitrogens with zero attached hydrogens (tertiary/aromatic N) is 6. The van der Waals surface area contributed by atoms with Gasteiger partial charge in [0.2, 0.25) is 10.0 Å². The Hall–Kier alpha value is -2.91. The van der Waals surface area contributed by atoms with Crippen molar-refractivity contribution in [3.63, 3.8) is 0 Å². The van der Waals surface area contributed by atoms with Gasteiger partial charge < -0.3 is 9.42 Å². The molecule has 0 N–H and O–H groups in total. The molecule has 150 valence electrons. The first-order valence-corrected chi connectivity index (χ1v) is 9.93. The third-order valence-electron chi connectivity index (χ3n) is 4.85. The molecule has 3 rings (SSSR count). The number of aryl methyl sites for hydroxylation is 2. The Morgan fingerprint density at radius 1 is 1.07 bits per heavy atom. The van der Waals surface area contributed by atoms with E-state index in [0.717, 1.165) is 4.57 Å². The predicted molar refractivity (Wildman–Crippen MR) is 98.6 cm³/mol. The Morgan fingerprint density at radius 3 is 2.18 bits per heavy atom. The SMILES string of the molecule is Cc1noc(C)c1S(=O)(=O)N1CCN(c2c(C#N)c(=O)n(C)c(=O)n2C)CC1. The highest BCUT2D eigenvalue weighted by molar-refractivity contribution is 7.89. The fourth-order valence-electron chi connectivity index (χ4n) is 3.41. The van der Waals surface area contributed by atoms with E-state index >= 15 is 0 Å². The largest absolute Gasteiger partial charge is 0.360 e. The molecule has 0 unspecified atom stereocenters. The van der Waals surface area contributed by atoms with Gasteiger partial charge in [-0.2, -0.15) is 9.57 Å². The van der Waals surface area contributed by atoms with E-state index in [1.54, 1.807) is 11.8 Å². The van der Waals surface area contributed by atoms with Crippen molar-refractivity contribution in [2.45, 2.75) is 18.7 Å². The molecule has 0 atom stereocenters. The molecule has 1 aliphatic heterocycles. The van der Waals surface area contributed by atoms with Crippen molar-refractivity contribution in [3.8, 4) is 6.07 Å². The highest BCUT2D eigenvalue weighted by atomic mass is 32.2. The van der Waals surface area contributed by atoms with Crippen molar-refractivity contribution in [2.24, 2.45) is 14.1 Å². The van der Waals surface area contributed by atoms with Gasteiger partial charge in [-0.3, -0.25) is 13.9 Å². The number of hydrogen-bond acceptors (Lipinski definition) is 8. The minimum absolute atomic E-state index is 0.0552. The molecule has 2 aromatic heterocycles. The number of anilines is 1. The molecule has 28 heavy (non-hydrogen) atoms. The third kappa shape index (κ3) is 2.92. The summed E-state index contributed by atoms with van der Waals surface area (Å²) in [5.41, 5.74) is -1.08. The Labute approximate surface area is 161 Å². The second-order valence-electron chi connectivity index (χ2n) is 6.56. The number of piperazine rings is 1. The zero-order chi connectivity index (χ0) is 20.8. The van der Waals surface area contributed by atoms with Crippen LogP contribution in [0.3, 0.4) is 0 Å². The van der Waals surface area contributed by atoms with Crippen LogP contribution in [0.25, 0.3) is 0 Å². The molecule has 0 radical (unpaired) electrons. The number of aromatic nitrogens is 3. The number of hydrogen-bond donors (Lipinski definition) is 0. The van der Waals surface area contributed by atoms with Gasteiger partial charge >= 0.3 is 5.69 Å². The van der Waals surface area contributed by atoms with Crippen LogP contribution in [0.15, 0.2) is 19.0 Å². The van der Waals surface area contributed by atoms with Crippen LogP contribution in [0.4, 0.5) is 5.82 Å². The van der Waals surface area contributed by atoms with Crippen molar-refractivity contribution in [2.75, 3.05) is 31.1 Å². The van der Waals surface area contributed by atoms with Gasteiger partial charge in [0, 0.05) is 40.3 Å².